The number of ether oxygens (including phenoxy) is 1. The number of hydrogen-bond acceptors (Lipinski definition) is 3. The Morgan fingerprint density at radius 1 is 1.21 bits per heavy atom. The molecule has 0 fully saturated rings. The van der Waals surface area contributed by atoms with Crippen LogP contribution in [0.25, 0.3) is 0 Å². The van der Waals surface area contributed by atoms with Gasteiger partial charge in [0.2, 0.25) is 0 Å². The minimum absolute atomic E-state index is 0.112. The molecule has 0 heterocycles. The summed E-state index contributed by atoms with van der Waals surface area (Å²) >= 11 is 0. The summed E-state index contributed by atoms with van der Waals surface area (Å²) in [5.74, 6) is 2.16. The third-order valence-electron chi connectivity index (χ3n) is 3.40. The fraction of sp³-hybridized carbons (Fsp3) is 0.632. The van der Waals surface area contributed by atoms with Gasteiger partial charge in [0.1, 0.15) is 5.75 Å². The van der Waals surface area contributed by atoms with Gasteiger partial charge in [-0.2, -0.15) is 0 Å². The Balaban J connectivity index is 2.64. The van der Waals surface area contributed by atoms with E-state index in [0.717, 1.165) is 36.8 Å². The standard InChI is InChI=1S/C19H33N3O2/c1-6-20-19(21-11-10-14(2)3)22-13-18(23)16-8-7-9-17(12-16)24-15(4)5/h7-9,12,14-15,18,23H,6,10-11,13H2,1-5H3,(H2,20,21,22). The normalized spacial score (nSPS) is 13.2. The second-order valence-corrected chi connectivity index (χ2v) is 6.58. The van der Waals surface area contributed by atoms with Gasteiger partial charge in [-0.3, -0.25) is 4.99 Å². The number of aliphatic hydroxyl groups excluding tert-OH is 1. The Labute approximate surface area is 146 Å². The van der Waals surface area contributed by atoms with Crippen LogP contribution in [0, 0.1) is 5.92 Å². The zero-order valence-corrected chi connectivity index (χ0v) is 15.7. The van der Waals surface area contributed by atoms with Gasteiger partial charge in [-0.05, 0) is 50.8 Å². The predicted molar refractivity (Wildman–Crippen MR) is 101 cm³/mol. The zero-order chi connectivity index (χ0) is 17.9. The van der Waals surface area contributed by atoms with Crippen molar-refractivity contribution < 1.29 is 9.84 Å². The average molecular weight is 335 g/mol. The van der Waals surface area contributed by atoms with E-state index >= 15 is 0 Å². The smallest absolute Gasteiger partial charge is 0.191 e. The quantitative estimate of drug-likeness (QED) is 0.479. The van der Waals surface area contributed by atoms with Crippen molar-refractivity contribution in [2.24, 2.45) is 10.9 Å². The van der Waals surface area contributed by atoms with E-state index in [4.69, 9.17) is 4.74 Å². The summed E-state index contributed by atoms with van der Waals surface area (Å²) in [6, 6.07) is 7.56. The summed E-state index contributed by atoms with van der Waals surface area (Å²) in [6.45, 7) is 12.4. The largest absolute Gasteiger partial charge is 0.491 e. The van der Waals surface area contributed by atoms with Gasteiger partial charge in [0.15, 0.2) is 5.96 Å². The van der Waals surface area contributed by atoms with E-state index < -0.39 is 6.10 Å². The molecule has 1 unspecified atom stereocenters. The minimum Gasteiger partial charge on any atom is -0.491 e. The van der Waals surface area contributed by atoms with Crippen molar-refractivity contribution in [1.82, 2.24) is 10.6 Å². The number of aliphatic hydroxyl groups is 1. The summed E-state index contributed by atoms with van der Waals surface area (Å²) in [4.78, 5) is 4.48. The van der Waals surface area contributed by atoms with Gasteiger partial charge < -0.3 is 20.5 Å². The molecule has 0 amide bonds. The lowest BCUT2D eigenvalue weighted by Crippen LogP contribution is -2.38. The van der Waals surface area contributed by atoms with Crippen LogP contribution in [0.15, 0.2) is 29.3 Å². The first-order valence-corrected chi connectivity index (χ1v) is 8.89. The van der Waals surface area contributed by atoms with Gasteiger partial charge in [-0.25, -0.2) is 0 Å². The molecule has 0 aliphatic carbocycles. The highest BCUT2D eigenvalue weighted by Gasteiger charge is 2.09. The van der Waals surface area contributed by atoms with Gasteiger partial charge in [-0.15, -0.1) is 0 Å². The molecule has 1 rings (SSSR count). The van der Waals surface area contributed by atoms with E-state index in [9.17, 15) is 5.11 Å². The third-order valence-corrected chi connectivity index (χ3v) is 3.40. The lowest BCUT2D eigenvalue weighted by Gasteiger charge is -2.15. The number of guanidine groups is 1. The molecule has 24 heavy (non-hydrogen) atoms. The van der Waals surface area contributed by atoms with Crippen molar-refractivity contribution >= 4 is 5.96 Å². The molecule has 1 aromatic carbocycles. The zero-order valence-electron chi connectivity index (χ0n) is 15.7. The molecule has 136 valence electrons. The first-order valence-electron chi connectivity index (χ1n) is 8.89. The van der Waals surface area contributed by atoms with E-state index in [1.807, 2.05) is 45.0 Å². The van der Waals surface area contributed by atoms with E-state index in [-0.39, 0.29) is 6.10 Å². The molecule has 5 heteroatoms. The summed E-state index contributed by atoms with van der Waals surface area (Å²) < 4.78 is 5.67. The maximum absolute atomic E-state index is 10.4. The van der Waals surface area contributed by atoms with Crippen molar-refractivity contribution in [2.75, 3.05) is 19.6 Å². The topological polar surface area (TPSA) is 65.9 Å². The number of rotatable bonds is 9. The maximum atomic E-state index is 10.4. The summed E-state index contributed by atoms with van der Waals surface area (Å²) in [6.07, 6.45) is 0.545. The van der Waals surface area contributed by atoms with Gasteiger partial charge in [-0.1, -0.05) is 26.0 Å². The highest BCUT2D eigenvalue weighted by Crippen LogP contribution is 2.20. The monoisotopic (exact) mass is 335 g/mol. The lowest BCUT2D eigenvalue weighted by molar-refractivity contribution is 0.185. The van der Waals surface area contributed by atoms with E-state index in [1.165, 1.54) is 0 Å². The van der Waals surface area contributed by atoms with Crippen LogP contribution in [-0.2, 0) is 0 Å². The molecule has 0 aliphatic heterocycles. The molecule has 5 nitrogen and oxygen atoms in total. The molecule has 0 spiro atoms. The number of benzene rings is 1. The maximum Gasteiger partial charge on any atom is 0.191 e. The molecular formula is C19H33N3O2. The average Bonchev–Trinajstić information content (AvgIpc) is 2.51. The molecule has 3 N–H and O–H groups in total. The van der Waals surface area contributed by atoms with Crippen LogP contribution in [-0.4, -0.2) is 36.8 Å². The number of aliphatic imine (C=N–C) groups is 1. The molecular weight excluding hydrogens is 302 g/mol. The van der Waals surface area contributed by atoms with Crippen molar-refractivity contribution in [3.8, 4) is 5.75 Å². The molecule has 0 aromatic heterocycles. The molecule has 0 aliphatic rings. The number of hydrogen-bond donors (Lipinski definition) is 3. The van der Waals surface area contributed by atoms with E-state index in [0.29, 0.717) is 12.5 Å². The van der Waals surface area contributed by atoms with Crippen LogP contribution in [0.4, 0.5) is 0 Å². The van der Waals surface area contributed by atoms with Crippen molar-refractivity contribution in [3.63, 3.8) is 0 Å². The fourth-order valence-corrected chi connectivity index (χ4v) is 2.17. The molecule has 1 aromatic rings. The third kappa shape index (κ3) is 8.20. The second kappa shape index (κ2) is 10.9. The van der Waals surface area contributed by atoms with Gasteiger partial charge >= 0.3 is 0 Å². The Morgan fingerprint density at radius 2 is 1.96 bits per heavy atom. The van der Waals surface area contributed by atoms with Crippen molar-refractivity contribution in [2.45, 2.75) is 53.2 Å². The van der Waals surface area contributed by atoms with Gasteiger partial charge in [0, 0.05) is 13.1 Å². The lowest BCUT2D eigenvalue weighted by atomic mass is 10.1. The first kappa shape index (κ1) is 20.3. The number of nitrogens with one attached hydrogen (secondary N) is 2. The number of nitrogens with zero attached hydrogens (tertiary/aromatic N) is 1. The second-order valence-electron chi connectivity index (χ2n) is 6.58. The van der Waals surface area contributed by atoms with E-state index in [2.05, 4.69) is 29.5 Å². The van der Waals surface area contributed by atoms with Crippen LogP contribution in [0.2, 0.25) is 0 Å². The summed E-state index contributed by atoms with van der Waals surface area (Å²) in [5.41, 5.74) is 0.815. The predicted octanol–water partition coefficient (Wildman–Crippen LogP) is 3.11. The van der Waals surface area contributed by atoms with Crippen LogP contribution in [0.3, 0.4) is 0 Å². The highest BCUT2D eigenvalue weighted by atomic mass is 16.5. The first-order chi connectivity index (χ1) is 11.4. The van der Waals surface area contributed by atoms with Gasteiger partial charge in [0.05, 0.1) is 18.8 Å². The minimum atomic E-state index is -0.652. The Morgan fingerprint density at radius 3 is 2.58 bits per heavy atom. The Kier molecular flexibility index (Phi) is 9.23. The van der Waals surface area contributed by atoms with Crippen molar-refractivity contribution in [3.05, 3.63) is 29.8 Å². The van der Waals surface area contributed by atoms with Crippen LogP contribution in [0.5, 0.6) is 5.75 Å². The van der Waals surface area contributed by atoms with Gasteiger partial charge in [0.25, 0.3) is 0 Å². The SMILES string of the molecule is CCNC(=NCC(O)c1cccc(OC(C)C)c1)NCCC(C)C. The summed E-state index contributed by atoms with van der Waals surface area (Å²) in [5, 5.41) is 16.9. The Hall–Kier alpha value is -1.75. The molecule has 1 atom stereocenters. The molecule has 0 radical (unpaired) electrons. The van der Waals surface area contributed by atoms with E-state index in [1.54, 1.807) is 0 Å². The molecule has 0 bridgehead atoms. The molecule has 0 saturated carbocycles. The summed E-state index contributed by atoms with van der Waals surface area (Å²) in [7, 11) is 0. The Bertz CT molecular complexity index is 501. The van der Waals surface area contributed by atoms with Crippen LogP contribution in [0.1, 0.15) is 52.7 Å². The fourth-order valence-electron chi connectivity index (χ4n) is 2.17. The van der Waals surface area contributed by atoms with Crippen LogP contribution >= 0.6 is 0 Å². The molecule has 0 saturated heterocycles. The van der Waals surface area contributed by atoms with Crippen LogP contribution < -0.4 is 15.4 Å². The van der Waals surface area contributed by atoms with Crippen molar-refractivity contribution in [1.29, 1.82) is 0 Å². The highest BCUT2D eigenvalue weighted by molar-refractivity contribution is 5.79.